The molecule has 0 saturated carbocycles. The summed E-state index contributed by atoms with van der Waals surface area (Å²) in [5.41, 5.74) is 1.02. The fraction of sp³-hybridized carbons (Fsp3) is 0.688. The van der Waals surface area contributed by atoms with Crippen molar-refractivity contribution in [1.29, 1.82) is 0 Å². The lowest BCUT2D eigenvalue weighted by molar-refractivity contribution is 0.163. The number of halogens is 2. The van der Waals surface area contributed by atoms with E-state index < -0.39 is 0 Å². The van der Waals surface area contributed by atoms with Crippen molar-refractivity contribution in [3.05, 3.63) is 21.9 Å². The highest BCUT2D eigenvalue weighted by Crippen LogP contribution is 2.24. The number of nitrogens with one attached hydrogen (secondary N) is 2. The van der Waals surface area contributed by atoms with E-state index in [-0.39, 0.29) is 0 Å². The third-order valence-corrected chi connectivity index (χ3v) is 5.35. The van der Waals surface area contributed by atoms with E-state index in [2.05, 4.69) is 27.4 Å². The molecule has 1 fully saturated rings. The number of aliphatic imine (C=N–C) groups is 1. The first-order valence-corrected chi connectivity index (χ1v) is 8.96. The Bertz CT molecular complexity index is 541. The Morgan fingerprint density at radius 3 is 2.74 bits per heavy atom. The van der Waals surface area contributed by atoms with E-state index in [1.807, 2.05) is 17.7 Å². The van der Waals surface area contributed by atoms with Crippen LogP contribution in [-0.2, 0) is 13.6 Å². The van der Waals surface area contributed by atoms with E-state index in [4.69, 9.17) is 23.2 Å². The minimum Gasteiger partial charge on any atom is -0.355 e. The molecular weight excluding hydrogens is 333 g/mol. The summed E-state index contributed by atoms with van der Waals surface area (Å²) < 4.78 is 1.87. The quantitative estimate of drug-likeness (QED) is 0.627. The second kappa shape index (κ2) is 8.81. The van der Waals surface area contributed by atoms with Crippen LogP contribution in [0.3, 0.4) is 0 Å². The van der Waals surface area contributed by atoms with Crippen LogP contribution in [0.2, 0.25) is 10.2 Å². The van der Waals surface area contributed by atoms with E-state index in [9.17, 15) is 0 Å². The molecule has 7 heteroatoms. The highest BCUT2D eigenvalue weighted by molar-refractivity contribution is 6.41. The minimum absolute atomic E-state index is 0.561. The molecule has 0 spiro atoms. The Labute approximate surface area is 149 Å². The van der Waals surface area contributed by atoms with Gasteiger partial charge < -0.3 is 15.2 Å². The molecule has 130 valence electrons. The summed E-state index contributed by atoms with van der Waals surface area (Å²) in [5.74, 6) is 0.795. The smallest absolute Gasteiger partial charge is 0.191 e. The maximum Gasteiger partial charge on any atom is 0.191 e. The molecule has 1 aromatic rings. The largest absolute Gasteiger partial charge is 0.355 e. The van der Waals surface area contributed by atoms with Crippen LogP contribution in [-0.4, -0.2) is 48.2 Å². The van der Waals surface area contributed by atoms with Crippen molar-refractivity contribution in [2.45, 2.75) is 38.8 Å². The Morgan fingerprint density at radius 1 is 1.35 bits per heavy atom. The molecule has 1 aromatic heterocycles. The Hall–Kier alpha value is -0.910. The summed E-state index contributed by atoms with van der Waals surface area (Å²) in [6.07, 6.45) is 3.98. The van der Waals surface area contributed by atoms with Gasteiger partial charge in [0.15, 0.2) is 5.96 Å². The molecule has 0 aromatic carbocycles. The monoisotopic (exact) mass is 359 g/mol. The van der Waals surface area contributed by atoms with Crippen LogP contribution in [0.4, 0.5) is 0 Å². The Morgan fingerprint density at radius 2 is 2.13 bits per heavy atom. The van der Waals surface area contributed by atoms with E-state index in [0.29, 0.717) is 22.8 Å². The molecule has 5 nitrogen and oxygen atoms in total. The fourth-order valence-electron chi connectivity index (χ4n) is 2.96. The predicted molar refractivity (Wildman–Crippen MR) is 98.5 cm³/mol. The molecule has 0 aliphatic carbocycles. The third kappa shape index (κ3) is 5.03. The van der Waals surface area contributed by atoms with Gasteiger partial charge in [-0.25, -0.2) is 0 Å². The Balaban J connectivity index is 1.76. The summed E-state index contributed by atoms with van der Waals surface area (Å²) in [6.45, 7) is 6.08. The standard InChI is InChI=1S/C16H27Cl2N5/c1-12-6-4-5-8-23(12)9-7-20-16(19-2)21-11-13-10-14(17)15(18)22(13)3/h10,12H,4-9,11H2,1-3H3,(H2,19,20,21). The number of nitrogens with zero attached hydrogens (tertiary/aromatic N) is 3. The van der Waals surface area contributed by atoms with E-state index in [0.717, 1.165) is 24.7 Å². The first-order chi connectivity index (χ1) is 11.0. The number of likely N-dealkylation sites (tertiary alicyclic amines) is 1. The normalized spacial score (nSPS) is 19.9. The first-order valence-electron chi connectivity index (χ1n) is 8.21. The molecule has 0 radical (unpaired) electrons. The van der Waals surface area contributed by atoms with Crippen molar-refractivity contribution in [3.8, 4) is 0 Å². The zero-order valence-electron chi connectivity index (χ0n) is 14.2. The van der Waals surface area contributed by atoms with Gasteiger partial charge in [0.1, 0.15) is 5.15 Å². The van der Waals surface area contributed by atoms with Gasteiger partial charge in [0.2, 0.25) is 0 Å². The summed E-state index contributed by atoms with van der Waals surface area (Å²) in [7, 11) is 3.68. The molecule has 23 heavy (non-hydrogen) atoms. The van der Waals surface area contributed by atoms with Crippen LogP contribution >= 0.6 is 23.2 Å². The zero-order chi connectivity index (χ0) is 16.8. The molecule has 0 amide bonds. The maximum absolute atomic E-state index is 6.08. The van der Waals surface area contributed by atoms with Crippen LogP contribution in [0.25, 0.3) is 0 Å². The minimum atomic E-state index is 0.561. The van der Waals surface area contributed by atoms with Gasteiger partial charge in [-0.1, -0.05) is 29.6 Å². The van der Waals surface area contributed by atoms with E-state index in [1.165, 1.54) is 25.8 Å². The van der Waals surface area contributed by atoms with Gasteiger partial charge in [-0.05, 0) is 32.4 Å². The van der Waals surface area contributed by atoms with E-state index >= 15 is 0 Å². The van der Waals surface area contributed by atoms with Crippen LogP contribution in [0, 0.1) is 0 Å². The number of hydrogen-bond acceptors (Lipinski definition) is 2. The number of piperidine rings is 1. The third-order valence-electron chi connectivity index (χ3n) is 4.51. The summed E-state index contributed by atoms with van der Waals surface area (Å²) in [6, 6.07) is 2.56. The maximum atomic E-state index is 6.08. The van der Waals surface area contributed by atoms with Gasteiger partial charge in [0.25, 0.3) is 0 Å². The molecule has 1 aliphatic heterocycles. The molecule has 1 unspecified atom stereocenters. The average molecular weight is 360 g/mol. The summed E-state index contributed by atoms with van der Waals surface area (Å²) in [4.78, 5) is 6.81. The van der Waals surface area contributed by atoms with Crippen molar-refractivity contribution in [1.82, 2.24) is 20.1 Å². The van der Waals surface area contributed by atoms with Gasteiger partial charge in [-0.2, -0.15) is 0 Å². The van der Waals surface area contributed by atoms with Crippen LogP contribution in [0.15, 0.2) is 11.1 Å². The molecule has 1 atom stereocenters. The highest BCUT2D eigenvalue weighted by Gasteiger charge is 2.17. The second-order valence-corrected chi connectivity index (χ2v) is 6.83. The van der Waals surface area contributed by atoms with Gasteiger partial charge >= 0.3 is 0 Å². The molecular formula is C16H27Cl2N5. The van der Waals surface area contributed by atoms with Gasteiger partial charge in [-0.3, -0.25) is 9.89 Å². The second-order valence-electron chi connectivity index (χ2n) is 6.07. The summed E-state index contributed by atoms with van der Waals surface area (Å²) in [5, 5.41) is 7.81. The number of guanidine groups is 1. The van der Waals surface area contributed by atoms with Crippen molar-refractivity contribution in [3.63, 3.8) is 0 Å². The lowest BCUT2D eigenvalue weighted by Crippen LogP contribution is -2.45. The molecule has 2 heterocycles. The van der Waals surface area contributed by atoms with Gasteiger partial charge in [0.05, 0.1) is 11.6 Å². The van der Waals surface area contributed by atoms with Crippen molar-refractivity contribution in [2.75, 3.05) is 26.7 Å². The van der Waals surface area contributed by atoms with Crippen LogP contribution < -0.4 is 10.6 Å². The molecule has 1 aliphatic rings. The number of aromatic nitrogens is 1. The topological polar surface area (TPSA) is 44.6 Å². The van der Waals surface area contributed by atoms with Crippen molar-refractivity contribution >= 4 is 29.2 Å². The SMILES string of the molecule is CN=C(NCCN1CCCCC1C)NCc1cc(Cl)c(Cl)n1C. The average Bonchev–Trinajstić information content (AvgIpc) is 2.79. The fourth-order valence-corrected chi connectivity index (χ4v) is 3.38. The van der Waals surface area contributed by atoms with Gasteiger partial charge in [-0.15, -0.1) is 0 Å². The Kier molecular flexibility index (Phi) is 7.06. The first kappa shape index (κ1) is 18.4. The summed E-state index contributed by atoms with van der Waals surface area (Å²) >= 11 is 12.1. The van der Waals surface area contributed by atoms with Crippen molar-refractivity contribution < 1.29 is 0 Å². The highest BCUT2D eigenvalue weighted by atomic mass is 35.5. The van der Waals surface area contributed by atoms with Crippen molar-refractivity contribution in [2.24, 2.45) is 12.0 Å². The van der Waals surface area contributed by atoms with Gasteiger partial charge in [0, 0.05) is 38.9 Å². The molecule has 1 saturated heterocycles. The predicted octanol–water partition coefficient (Wildman–Crippen LogP) is 2.87. The lowest BCUT2D eigenvalue weighted by atomic mass is 10.0. The van der Waals surface area contributed by atoms with E-state index in [1.54, 1.807) is 7.05 Å². The van der Waals surface area contributed by atoms with Crippen LogP contribution in [0.1, 0.15) is 31.9 Å². The number of rotatable bonds is 5. The molecule has 2 N–H and O–H groups in total. The zero-order valence-corrected chi connectivity index (χ0v) is 15.7. The molecule has 2 rings (SSSR count). The molecule has 0 bridgehead atoms. The van der Waals surface area contributed by atoms with Crippen LogP contribution in [0.5, 0.6) is 0 Å². The number of hydrogen-bond donors (Lipinski definition) is 2. The lowest BCUT2D eigenvalue weighted by Gasteiger charge is -2.33.